The molecule has 2 aromatic heterocycles. The number of carbonyl (C=O) groups is 3. The lowest BCUT2D eigenvalue weighted by Gasteiger charge is -2.41. The molecule has 2 aliphatic heterocycles. The number of likely N-dealkylation sites (tertiary alicyclic amines) is 1. The molecule has 7 rings (SSSR count). The quantitative estimate of drug-likeness (QED) is 0.0692. The summed E-state index contributed by atoms with van der Waals surface area (Å²) in [7, 11) is 0. The molecule has 0 N–H and O–H groups in total. The molecule has 2 fully saturated rings. The molecule has 3 amide bonds. The van der Waals surface area contributed by atoms with Crippen molar-refractivity contribution in [1.29, 1.82) is 0 Å². The zero-order chi connectivity index (χ0) is 35.7. The molecule has 4 heterocycles. The van der Waals surface area contributed by atoms with Crippen LogP contribution < -0.4 is 9.80 Å². The van der Waals surface area contributed by atoms with E-state index in [-0.39, 0.29) is 18.5 Å². The summed E-state index contributed by atoms with van der Waals surface area (Å²) in [6, 6.07) is 27.8. The van der Waals surface area contributed by atoms with Gasteiger partial charge in [-0.3, -0.25) is 19.6 Å². The number of imide groups is 1. The minimum atomic E-state index is -1.09. The molecule has 5 aromatic rings. The first-order valence-electron chi connectivity index (χ1n) is 16.9. The zero-order valence-corrected chi connectivity index (χ0v) is 30.8. The molecule has 51 heavy (non-hydrogen) atoms. The zero-order valence-electron chi connectivity index (χ0n) is 28.7. The van der Waals surface area contributed by atoms with Gasteiger partial charge in [-0.25, -0.2) is 24.5 Å². The summed E-state index contributed by atoms with van der Waals surface area (Å²) in [6.07, 6.45) is 2.71. The van der Waals surface area contributed by atoms with E-state index in [0.29, 0.717) is 59.1 Å². The molecule has 0 unspecified atom stereocenters. The number of hydrogen-bond acceptors (Lipinski definition) is 8. The number of anilines is 2. The number of ether oxygens (including phenoxy) is 1. The van der Waals surface area contributed by atoms with Crippen LogP contribution in [0.25, 0.3) is 11.1 Å². The molecule has 1 spiro atoms. The highest BCUT2D eigenvalue weighted by atomic mass is 127. The van der Waals surface area contributed by atoms with Gasteiger partial charge in [-0.05, 0) is 114 Å². The van der Waals surface area contributed by atoms with Crippen LogP contribution in [-0.4, -0.2) is 56.4 Å². The molecule has 0 radical (unpaired) electrons. The van der Waals surface area contributed by atoms with Gasteiger partial charge in [0.15, 0.2) is 0 Å². The third-order valence-corrected chi connectivity index (χ3v) is 10.3. The summed E-state index contributed by atoms with van der Waals surface area (Å²) in [4.78, 5) is 60.5. The number of amides is 3. The lowest BCUT2D eigenvalue weighted by atomic mass is 9.85. The summed E-state index contributed by atoms with van der Waals surface area (Å²) >= 11 is 2.12. The summed E-state index contributed by atoms with van der Waals surface area (Å²) < 4.78 is 6.22. The number of pyridine rings is 1. The first kappa shape index (κ1) is 34.4. The van der Waals surface area contributed by atoms with Crippen molar-refractivity contribution in [3.63, 3.8) is 0 Å². The molecule has 10 nitrogen and oxygen atoms in total. The summed E-state index contributed by atoms with van der Waals surface area (Å²) in [5.41, 5.74) is 5.65. The van der Waals surface area contributed by atoms with Gasteiger partial charge in [0, 0.05) is 31.9 Å². The van der Waals surface area contributed by atoms with Crippen molar-refractivity contribution in [2.24, 2.45) is 0 Å². The van der Waals surface area contributed by atoms with Crippen LogP contribution in [-0.2, 0) is 22.7 Å². The number of benzene rings is 3. The second-order valence-electron chi connectivity index (χ2n) is 13.1. The van der Waals surface area contributed by atoms with Gasteiger partial charge in [0.05, 0.1) is 16.9 Å². The number of urea groups is 1. The van der Waals surface area contributed by atoms with Crippen molar-refractivity contribution < 1.29 is 19.1 Å². The Balaban J connectivity index is 1.13. The number of esters is 1. The van der Waals surface area contributed by atoms with Crippen molar-refractivity contribution in [3.05, 3.63) is 135 Å². The SMILES string of the molecule is Cc1nc(I)cc(N2C(=O)N(c3ccc(-c4ccc(C(=O)OCc5ccccc5)cc4C)cc3)C(=O)C23CCN(Cc2ncccc2C)CC3)n1. The minimum absolute atomic E-state index is 0.202. The van der Waals surface area contributed by atoms with Gasteiger partial charge < -0.3 is 4.74 Å². The van der Waals surface area contributed by atoms with Crippen LogP contribution in [0.1, 0.15) is 51.4 Å². The predicted octanol–water partition coefficient (Wildman–Crippen LogP) is 7.43. The molecule has 3 aromatic carbocycles. The topological polar surface area (TPSA) is 109 Å². The van der Waals surface area contributed by atoms with Crippen LogP contribution in [0.15, 0.2) is 97.2 Å². The van der Waals surface area contributed by atoms with Gasteiger partial charge in [0.25, 0.3) is 5.91 Å². The number of halogens is 1. The van der Waals surface area contributed by atoms with Crippen molar-refractivity contribution in [3.8, 4) is 11.1 Å². The van der Waals surface area contributed by atoms with Gasteiger partial charge >= 0.3 is 12.0 Å². The van der Waals surface area contributed by atoms with Gasteiger partial charge in [-0.2, -0.15) is 0 Å². The van der Waals surface area contributed by atoms with E-state index in [2.05, 4.69) is 55.4 Å². The third-order valence-electron chi connectivity index (χ3n) is 9.72. The Hall–Kier alpha value is -5.01. The van der Waals surface area contributed by atoms with E-state index in [1.165, 1.54) is 4.90 Å². The van der Waals surface area contributed by atoms with Crippen molar-refractivity contribution in [2.45, 2.75) is 52.3 Å². The highest BCUT2D eigenvalue weighted by molar-refractivity contribution is 14.1. The van der Waals surface area contributed by atoms with Crippen molar-refractivity contribution in [2.75, 3.05) is 22.9 Å². The molecule has 0 atom stereocenters. The number of nitrogens with zero attached hydrogens (tertiary/aromatic N) is 6. The van der Waals surface area contributed by atoms with Crippen LogP contribution in [0, 0.1) is 24.5 Å². The average molecular weight is 793 g/mol. The fourth-order valence-corrected chi connectivity index (χ4v) is 7.60. The lowest BCUT2D eigenvalue weighted by Crippen LogP contribution is -2.57. The Bertz CT molecular complexity index is 2100. The Morgan fingerprint density at radius 1 is 0.863 bits per heavy atom. The van der Waals surface area contributed by atoms with E-state index < -0.39 is 11.6 Å². The highest BCUT2D eigenvalue weighted by Gasteiger charge is 2.59. The molecular weight excluding hydrogens is 755 g/mol. The fraction of sp³-hybridized carbons (Fsp3) is 0.250. The van der Waals surface area contributed by atoms with Gasteiger partial charge in [0.2, 0.25) is 0 Å². The summed E-state index contributed by atoms with van der Waals surface area (Å²) in [6.45, 7) is 7.90. The van der Waals surface area contributed by atoms with Crippen LogP contribution in [0.2, 0.25) is 0 Å². The number of aromatic nitrogens is 3. The van der Waals surface area contributed by atoms with Crippen molar-refractivity contribution >= 4 is 52.0 Å². The normalized spacial score (nSPS) is 15.8. The molecule has 0 bridgehead atoms. The van der Waals surface area contributed by atoms with E-state index in [1.54, 1.807) is 42.3 Å². The Kier molecular flexibility index (Phi) is 9.67. The maximum absolute atomic E-state index is 14.6. The Morgan fingerprint density at radius 3 is 2.29 bits per heavy atom. The maximum Gasteiger partial charge on any atom is 0.338 e. The fourth-order valence-electron chi connectivity index (χ4n) is 6.97. The minimum Gasteiger partial charge on any atom is -0.457 e. The molecule has 258 valence electrons. The highest BCUT2D eigenvalue weighted by Crippen LogP contribution is 2.42. The average Bonchev–Trinajstić information content (AvgIpc) is 3.33. The van der Waals surface area contributed by atoms with E-state index in [9.17, 15) is 14.4 Å². The predicted molar refractivity (Wildman–Crippen MR) is 203 cm³/mol. The third kappa shape index (κ3) is 6.87. The second kappa shape index (κ2) is 14.3. The number of rotatable bonds is 8. The van der Waals surface area contributed by atoms with Crippen LogP contribution in [0.5, 0.6) is 0 Å². The molecule has 2 saturated heterocycles. The molecule has 0 aliphatic carbocycles. The van der Waals surface area contributed by atoms with E-state index >= 15 is 0 Å². The number of carbonyl (C=O) groups excluding carboxylic acids is 3. The summed E-state index contributed by atoms with van der Waals surface area (Å²) in [5.74, 6) is 0.315. The smallest absolute Gasteiger partial charge is 0.338 e. The molecule has 11 heteroatoms. The van der Waals surface area contributed by atoms with E-state index in [0.717, 1.165) is 33.5 Å². The Morgan fingerprint density at radius 2 is 1.61 bits per heavy atom. The van der Waals surface area contributed by atoms with Crippen LogP contribution in [0.4, 0.5) is 16.3 Å². The number of piperidine rings is 1. The second-order valence-corrected chi connectivity index (χ2v) is 14.2. The summed E-state index contributed by atoms with van der Waals surface area (Å²) in [5, 5.41) is 0. The first-order chi connectivity index (χ1) is 24.6. The lowest BCUT2D eigenvalue weighted by molar-refractivity contribution is -0.123. The standard InChI is InChI=1S/C40H37IN6O4/c1-26-8-7-19-42-34(26)24-45-20-17-40(18-21-45)38(49)46(39(50)47(40)36-23-35(41)43-28(3)44-36)32-14-11-30(12-15-32)33-16-13-31(22-27(33)2)37(48)51-25-29-9-5-4-6-10-29/h4-16,19,22-23H,17-18,20-21,24-25H2,1-3H3. The van der Waals surface area contributed by atoms with E-state index in [4.69, 9.17) is 4.74 Å². The van der Waals surface area contributed by atoms with Crippen LogP contribution >= 0.6 is 22.6 Å². The van der Waals surface area contributed by atoms with Gasteiger partial charge in [-0.1, -0.05) is 54.6 Å². The molecule has 2 aliphatic rings. The number of aryl methyl sites for hydroxylation is 3. The number of hydrogen-bond donors (Lipinski definition) is 0. The largest absolute Gasteiger partial charge is 0.457 e. The Labute approximate surface area is 310 Å². The van der Waals surface area contributed by atoms with Crippen LogP contribution in [0.3, 0.4) is 0 Å². The molecule has 0 saturated carbocycles. The van der Waals surface area contributed by atoms with Crippen molar-refractivity contribution in [1.82, 2.24) is 19.9 Å². The first-order valence-corrected chi connectivity index (χ1v) is 18.0. The van der Waals surface area contributed by atoms with Gasteiger partial charge in [-0.15, -0.1) is 0 Å². The monoisotopic (exact) mass is 792 g/mol. The maximum atomic E-state index is 14.6. The molecular formula is C40H37IN6O4. The van der Waals surface area contributed by atoms with E-state index in [1.807, 2.05) is 67.6 Å². The van der Waals surface area contributed by atoms with Gasteiger partial charge in [0.1, 0.15) is 27.5 Å².